The molecule has 0 aliphatic carbocycles. The number of aromatic nitrogens is 1. The summed E-state index contributed by atoms with van der Waals surface area (Å²) in [6.07, 6.45) is 23.3. The number of pyridine rings is 1. The Bertz CT molecular complexity index is 889. The number of anilines is 1. The molecule has 1 aromatic heterocycles. The van der Waals surface area contributed by atoms with E-state index in [2.05, 4.69) is 23.3 Å². The number of benzene rings is 1. The summed E-state index contributed by atoms with van der Waals surface area (Å²) in [5.74, 6) is -1.81. The van der Waals surface area contributed by atoms with Gasteiger partial charge in [-0.15, -0.1) is 0 Å². The lowest BCUT2D eigenvalue weighted by atomic mass is 9.99. The lowest BCUT2D eigenvalue weighted by Crippen LogP contribution is -2.25. The molecular weight excluding hydrogens is 424 g/mol. The van der Waals surface area contributed by atoms with E-state index in [1.165, 1.54) is 64.2 Å². The monoisotopic (exact) mass is 466 g/mol. The molecule has 1 heterocycles. The van der Waals surface area contributed by atoms with Gasteiger partial charge in [0.15, 0.2) is 0 Å². The lowest BCUT2D eigenvalue weighted by Gasteiger charge is -2.14. The van der Waals surface area contributed by atoms with Gasteiger partial charge in [0, 0.05) is 28.9 Å². The zero-order valence-corrected chi connectivity index (χ0v) is 20.8. The first kappa shape index (κ1) is 27.6. The number of carbonyl (C=O) groups excluding carboxylic acids is 1. The molecule has 2 rings (SSSR count). The first-order valence-electron chi connectivity index (χ1n) is 13.1. The number of fused-ring (bicyclic) bond motifs is 1. The minimum Gasteiger partial charge on any atom is -0.481 e. The van der Waals surface area contributed by atoms with Crippen molar-refractivity contribution < 1.29 is 14.7 Å². The van der Waals surface area contributed by atoms with Gasteiger partial charge in [-0.05, 0) is 31.4 Å². The lowest BCUT2D eigenvalue weighted by molar-refractivity contribution is -0.140. The van der Waals surface area contributed by atoms with E-state index in [0.717, 1.165) is 23.6 Å². The predicted octanol–water partition coefficient (Wildman–Crippen LogP) is 7.91. The minimum absolute atomic E-state index is 0.180. The molecule has 186 valence electrons. The first-order chi connectivity index (χ1) is 16.6. The molecule has 1 amide bonds. The number of hydrogen-bond acceptors (Lipinski definition) is 3. The summed E-state index contributed by atoms with van der Waals surface area (Å²) in [6, 6.07) is 7.48. The number of carboxylic acids is 1. The average Bonchev–Trinajstić information content (AvgIpc) is 2.83. The van der Waals surface area contributed by atoms with Crippen molar-refractivity contribution in [1.29, 1.82) is 0 Å². The number of allylic oxidation sites excluding steroid dienone is 2. The van der Waals surface area contributed by atoms with Crippen LogP contribution in [0.4, 0.5) is 5.69 Å². The van der Waals surface area contributed by atoms with Gasteiger partial charge in [0.1, 0.15) is 0 Å². The van der Waals surface area contributed by atoms with E-state index >= 15 is 0 Å². The van der Waals surface area contributed by atoms with Gasteiger partial charge in [0.25, 0.3) is 0 Å². The van der Waals surface area contributed by atoms with Gasteiger partial charge < -0.3 is 10.4 Å². The molecule has 0 saturated heterocycles. The third kappa shape index (κ3) is 11.0. The van der Waals surface area contributed by atoms with E-state index in [0.29, 0.717) is 12.1 Å². The zero-order chi connectivity index (χ0) is 24.4. The molecular formula is C29H42N2O3. The number of unbranched alkanes of at least 4 members (excludes halogenated alkanes) is 11. The Labute approximate surface area is 205 Å². The molecule has 1 atom stereocenters. The molecule has 0 bridgehead atoms. The standard InChI is InChI=1S/C29H42N2O3/c1-2-3-4-5-6-7-8-9-10-11-12-13-14-15-17-24(22-28(32)33)29(34)31-27-19-16-18-25-23-30-21-20-26(25)27/h14-16,18-21,23-24H,2-13,17,22H2,1H3,(H,31,34)(H,32,33). The number of carbonyl (C=O) groups is 2. The summed E-state index contributed by atoms with van der Waals surface area (Å²) in [4.78, 5) is 28.3. The largest absolute Gasteiger partial charge is 0.481 e. The van der Waals surface area contributed by atoms with Gasteiger partial charge in [-0.3, -0.25) is 14.6 Å². The maximum absolute atomic E-state index is 12.8. The quantitative estimate of drug-likeness (QED) is 0.173. The van der Waals surface area contributed by atoms with E-state index < -0.39 is 11.9 Å². The van der Waals surface area contributed by atoms with E-state index in [1.54, 1.807) is 12.4 Å². The molecule has 2 aromatic rings. The Kier molecular flexibility index (Phi) is 13.7. The normalized spacial score (nSPS) is 12.3. The molecule has 5 heteroatoms. The van der Waals surface area contributed by atoms with Crippen molar-refractivity contribution in [2.24, 2.45) is 5.92 Å². The van der Waals surface area contributed by atoms with Crippen molar-refractivity contribution in [3.8, 4) is 0 Å². The second kappa shape index (κ2) is 16.9. The number of aliphatic carboxylic acids is 1. The van der Waals surface area contributed by atoms with Crippen molar-refractivity contribution in [1.82, 2.24) is 4.98 Å². The van der Waals surface area contributed by atoms with Crippen molar-refractivity contribution in [3.63, 3.8) is 0 Å². The Morgan fingerprint density at radius 1 is 0.941 bits per heavy atom. The fraction of sp³-hybridized carbons (Fsp3) is 0.552. The second-order valence-electron chi connectivity index (χ2n) is 9.22. The van der Waals surface area contributed by atoms with Gasteiger partial charge in [-0.2, -0.15) is 0 Å². The van der Waals surface area contributed by atoms with Crippen LogP contribution >= 0.6 is 0 Å². The van der Waals surface area contributed by atoms with E-state index in [4.69, 9.17) is 0 Å². The Hall–Kier alpha value is -2.69. The van der Waals surface area contributed by atoms with Crippen LogP contribution in [0, 0.1) is 5.92 Å². The molecule has 0 aliphatic heterocycles. The third-order valence-corrected chi connectivity index (χ3v) is 6.29. The smallest absolute Gasteiger partial charge is 0.304 e. The summed E-state index contributed by atoms with van der Waals surface area (Å²) in [6.45, 7) is 2.26. The number of nitrogens with zero attached hydrogens (tertiary/aromatic N) is 1. The van der Waals surface area contributed by atoms with Crippen LogP contribution in [-0.4, -0.2) is 22.0 Å². The molecule has 1 aromatic carbocycles. The van der Waals surface area contributed by atoms with Crippen LogP contribution in [0.1, 0.15) is 96.8 Å². The van der Waals surface area contributed by atoms with Crippen LogP contribution in [0.15, 0.2) is 48.8 Å². The zero-order valence-electron chi connectivity index (χ0n) is 20.8. The molecule has 0 aliphatic rings. The second-order valence-corrected chi connectivity index (χ2v) is 9.22. The van der Waals surface area contributed by atoms with Crippen LogP contribution in [0.5, 0.6) is 0 Å². The van der Waals surface area contributed by atoms with Crippen molar-refractivity contribution >= 4 is 28.3 Å². The van der Waals surface area contributed by atoms with Gasteiger partial charge in [0.2, 0.25) is 5.91 Å². The molecule has 0 radical (unpaired) electrons. The van der Waals surface area contributed by atoms with Crippen molar-refractivity contribution in [2.45, 2.75) is 96.8 Å². The van der Waals surface area contributed by atoms with Crippen molar-refractivity contribution in [3.05, 3.63) is 48.8 Å². The van der Waals surface area contributed by atoms with Gasteiger partial charge in [-0.1, -0.05) is 95.4 Å². The maximum atomic E-state index is 12.8. The Morgan fingerprint density at radius 3 is 2.29 bits per heavy atom. The summed E-state index contributed by atoms with van der Waals surface area (Å²) in [5.41, 5.74) is 0.685. The Morgan fingerprint density at radius 2 is 1.62 bits per heavy atom. The van der Waals surface area contributed by atoms with Crippen LogP contribution in [0.25, 0.3) is 10.8 Å². The van der Waals surface area contributed by atoms with Crippen LogP contribution in [0.2, 0.25) is 0 Å². The molecule has 1 unspecified atom stereocenters. The Balaban J connectivity index is 1.67. The van der Waals surface area contributed by atoms with E-state index in [9.17, 15) is 14.7 Å². The number of nitrogens with one attached hydrogen (secondary N) is 1. The van der Waals surface area contributed by atoms with E-state index in [1.807, 2.05) is 30.3 Å². The summed E-state index contributed by atoms with van der Waals surface area (Å²) in [5, 5.41) is 14.0. The highest BCUT2D eigenvalue weighted by molar-refractivity contribution is 6.03. The van der Waals surface area contributed by atoms with Crippen LogP contribution in [0.3, 0.4) is 0 Å². The maximum Gasteiger partial charge on any atom is 0.304 e. The fourth-order valence-corrected chi connectivity index (χ4v) is 4.26. The first-order valence-corrected chi connectivity index (χ1v) is 13.1. The van der Waals surface area contributed by atoms with Crippen LogP contribution < -0.4 is 5.32 Å². The number of rotatable bonds is 18. The molecule has 0 spiro atoms. The molecule has 5 nitrogen and oxygen atoms in total. The van der Waals surface area contributed by atoms with E-state index in [-0.39, 0.29) is 12.3 Å². The summed E-state index contributed by atoms with van der Waals surface area (Å²) < 4.78 is 0. The third-order valence-electron chi connectivity index (χ3n) is 6.29. The summed E-state index contributed by atoms with van der Waals surface area (Å²) >= 11 is 0. The number of carboxylic acid groups (broad SMARTS) is 1. The van der Waals surface area contributed by atoms with Crippen LogP contribution in [-0.2, 0) is 9.59 Å². The van der Waals surface area contributed by atoms with Gasteiger partial charge >= 0.3 is 5.97 Å². The molecule has 34 heavy (non-hydrogen) atoms. The molecule has 0 saturated carbocycles. The van der Waals surface area contributed by atoms with Gasteiger partial charge in [0.05, 0.1) is 12.3 Å². The van der Waals surface area contributed by atoms with Gasteiger partial charge in [-0.25, -0.2) is 0 Å². The topological polar surface area (TPSA) is 79.3 Å². The highest BCUT2D eigenvalue weighted by atomic mass is 16.4. The molecule has 2 N–H and O–H groups in total. The minimum atomic E-state index is -0.957. The number of hydrogen-bond donors (Lipinski definition) is 2. The highest BCUT2D eigenvalue weighted by Gasteiger charge is 2.21. The highest BCUT2D eigenvalue weighted by Crippen LogP contribution is 2.24. The SMILES string of the molecule is CCCCCCCCCCCCCC=CCC(CC(=O)O)C(=O)Nc1cccc2cnccc12. The number of amides is 1. The molecule has 0 fully saturated rings. The predicted molar refractivity (Wildman–Crippen MR) is 141 cm³/mol. The fourth-order valence-electron chi connectivity index (χ4n) is 4.26. The summed E-state index contributed by atoms with van der Waals surface area (Å²) in [7, 11) is 0. The average molecular weight is 467 g/mol. The van der Waals surface area contributed by atoms with Crippen molar-refractivity contribution in [2.75, 3.05) is 5.32 Å².